The van der Waals surface area contributed by atoms with Crippen LogP contribution in [0.2, 0.25) is 0 Å². The summed E-state index contributed by atoms with van der Waals surface area (Å²) >= 11 is 0. The van der Waals surface area contributed by atoms with Crippen molar-refractivity contribution in [1.82, 2.24) is 19.9 Å². The molecule has 0 amide bonds. The Kier molecular flexibility index (Phi) is 1.59. The number of aromatic amines is 1. The van der Waals surface area contributed by atoms with Gasteiger partial charge in [-0.25, -0.2) is 15.0 Å². The minimum absolute atomic E-state index is 0.851. The monoisotopic (exact) mass is 160 g/mol. The van der Waals surface area contributed by atoms with E-state index < -0.39 is 0 Å². The van der Waals surface area contributed by atoms with Crippen molar-refractivity contribution in [3.05, 3.63) is 30.6 Å². The highest BCUT2D eigenvalue weighted by Crippen LogP contribution is 2.14. The van der Waals surface area contributed by atoms with Crippen LogP contribution < -0.4 is 0 Å². The summed E-state index contributed by atoms with van der Waals surface area (Å²) in [7, 11) is 0. The van der Waals surface area contributed by atoms with Gasteiger partial charge in [0.1, 0.15) is 12.0 Å². The predicted molar refractivity (Wildman–Crippen MR) is 44.4 cm³/mol. The Bertz CT molecular complexity index is 366. The van der Waals surface area contributed by atoms with E-state index >= 15 is 0 Å². The fourth-order valence-electron chi connectivity index (χ4n) is 1.05. The zero-order chi connectivity index (χ0) is 8.39. The maximum Gasteiger partial charge on any atom is 0.116 e. The Hall–Kier alpha value is -1.71. The van der Waals surface area contributed by atoms with Gasteiger partial charge in [-0.1, -0.05) is 0 Å². The topological polar surface area (TPSA) is 54.5 Å². The fourth-order valence-corrected chi connectivity index (χ4v) is 1.05. The van der Waals surface area contributed by atoms with Crippen LogP contribution in [0.15, 0.2) is 24.9 Å². The first kappa shape index (κ1) is 6.97. The third kappa shape index (κ3) is 1.07. The van der Waals surface area contributed by atoms with Gasteiger partial charge in [0, 0.05) is 11.9 Å². The second kappa shape index (κ2) is 2.73. The van der Waals surface area contributed by atoms with Gasteiger partial charge in [-0.2, -0.15) is 0 Å². The molecule has 0 radical (unpaired) electrons. The minimum Gasteiger partial charge on any atom is -0.348 e. The number of nitrogens with one attached hydrogen (secondary N) is 1. The van der Waals surface area contributed by atoms with Gasteiger partial charge in [-0.3, -0.25) is 0 Å². The smallest absolute Gasteiger partial charge is 0.116 e. The lowest BCUT2D eigenvalue weighted by atomic mass is 10.2. The van der Waals surface area contributed by atoms with E-state index in [2.05, 4.69) is 19.9 Å². The van der Waals surface area contributed by atoms with Crippen molar-refractivity contribution in [2.45, 2.75) is 6.92 Å². The Morgan fingerprint density at radius 2 is 2.25 bits per heavy atom. The molecule has 0 aliphatic heterocycles. The largest absolute Gasteiger partial charge is 0.348 e. The molecular formula is C8H8N4. The quantitative estimate of drug-likeness (QED) is 0.681. The van der Waals surface area contributed by atoms with Crippen molar-refractivity contribution in [3.8, 4) is 11.4 Å². The van der Waals surface area contributed by atoms with Gasteiger partial charge in [-0.15, -0.1) is 0 Å². The van der Waals surface area contributed by atoms with Gasteiger partial charge in [0.25, 0.3) is 0 Å². The SMILES string of the molecule is Cc1[nH]cnc1-c1ccncn1. The summed E-state index contributed by atoms with van der Waals surface area (Å²) in [5.74, 6) is 0. The molecule has 0 aromatic carbocycles. The molecule has 4 heteroatoms. The average Bonchev–Trinajstić information content (AvgIpc) is 2.53. The molecule has 0 spiro atoms. The van der Waals surface area contributed by atoms with E-state index in [1.807, 2.05) is 13.0 Å². The molecule has 2 aromatic rings. The van der Waals surface area contributed by atoms with Gasteiger partial charge in [0.15, 0.2) is 0 Å². The molecule has 2 aromatic heterocycles. The molecule has 4 nitrogen and oxygen atoms in total. The normalized spacial score (nSPS) is 10.1. The van der Waals surface area contributed by atoms with Crippen LogP contribution in [0, 0.1) is 6.92 Å². The molecule has 12 heavy (non-hydrogen) atoms. The zero-order valence-corrected chi connectivity index (χ0v) is 6.65. The lowest BCUT2D eigenvalue weighted by Gasteiger charge is -1.94. The second-order valence-electron chi connectivity index (χ2n) is 2.47. The van der Waals surface area contributed by atoms with E-state index in [9.17, 15) is 0 Å². The van der Waals surface area contributed by atoms with Crippen LogP contribution in [0.5, 0.6) is 0 Å². The third-order valence-electron chi connectivity index (χ3n) is 1.65. The number of hydrogen-bond donors (Lipinski definition) is 1. The van der Waals surface area contributed by atoms with Crippen molar-refractivity contribution >= 4 is 0 Å². The van der Waals surface area contributed by atoms with Crippen LogP contribution in [0.25, 0.3) is 11.4 Å². The summed E-state index contributed by atoms with van der Waals surface area (Å²) in [6.07, 6.45) is 4.88. The van der Waals surface area contributed by atoms with Crippen molar-refractivity contribution in [3.63, 3.8) is 0 Å². The molecule has 0 atom stereocenters. The maximum atomic E-state index is 4.14. The highest BCUT2D eigenvalue weighted by molar-refractivity contribution is 5.55. The fraction of sp³-hybridized carbons (Fsp3) is 0.125. The molecule has 0 bridgehead atoms. The van der Waals surface area contributed by atoms with E-state index in [4.69, 9.17) is 0 Å². The molecule has 0 saturated heterocycles. The van der Waals surface area contributed by atoms with Crippen molar-refractivity contribution in [1.29, 1.82) is 0 Å². The van der Waals surface area contributed by atoms with Crippen LogP contribution in [0.3, 0.4) is 0 Å². The highest BCUT2D eigenvalue weighted by Gasteiger charge is 2.03. The van der Waals surface area contributed by atoms with Crippen molar-refractivity contribution < 1.29 is 0 Å². The van der Waals surface area contributed by atoms with Gasteiger partial charge in [0.05, 0.1) is 12.0 Å². The highest BCUT2D eigenvalue weighted by atomic mass is 14.9. The lowest BCUT2D eigenvalue weighted by molar-refractivity contribution is 1.15. The van der Waals surface area contributed by atoms with Crippen LogP contribution >= 0.6 is 0 Å². The van der Waals surface area contributed by atoms with E-state index in [-0.39, 0.29) is 0 Å². The van der Waals surface area contributed by atoms with Crippen molar-refractivity contribution in [2.24, 2.45) is 0 Å². The summed E-state index contributed by atoms with van der Waals surface area (Å²) in [6, 6.07) is 1.84. The summed E-state index contributed by atoms with van der Waals surface area (Å²) in [6.45, 7) is 1.96. The number of hydrogen-bond acceptors (Lipinski definition) is 3. The molecule has 0 aliphatic rings. The first-order valence-electron chi connectivity index (χ1n) is 3.64. The molecular weight excluding hydrogens is 152 g/mol. The number of aromatic nitrogens is 4. The number of nitrogens with zero attached hydrogens (tertiary/aromatic N) is 3. The standard InChI is InChI=1S/C8H8N4/c1-6-8(12-5-10-6)7-2-3-9-4-11-7/h2-5H,1H3,(H,10,12). The van der Waals surface area contributed by atoms with Gasteiger partial charge < -0.3 is 4.98 Å². The van der Waals surface area contributed by atoms with Crippen LogP contribution in [0.4, 0.5) is 0 Å². The third-order valence-corrected chi connectivity index (χ3v) is 1.65. The van der Waals surface area contributed by atoms with Gasteiger partial charge >= 0.3 is 0 Å². The van der Waals surface area contributed by atoms with Crippen LogP contribution in [0.1, 0.15) is 5.69 Å². The second-order valence-corrected chi connectivity index (χ2v) is 2.47. The van der Waals surface area contributed by atoms with E-state index in [1.54, 1.807) is 12.5 Å². The Morgan fingerprint density at radius 1 is 1.33 bits per heavy atom. The van der Waals surface area contributed by atoms with Crippen LogP contribution in [-0.2, 0) is 0 Å². The number of H-pyrrole nitrogens is 1. The van der Waals surface area contributed by atoms with Crippen LogP contribution in [-0.4, -0.2) is 19.9 Å². The minimum atomic E-state index is 0.851. The Balaban J connectivity index is 2.51. The molecule has 0 saturated carbocycles. The molecule has 0 unspecified atom stereocenters. The summed E-state index contributed by atoms with van der Waals surface area (Å²) in [5, 5.41) is 0. The average molecular weight is 160 g/mol. The van der Waals surface area contributed by atoms with Gasteiger partial charge in [0.2, 0.25) is 0 Å². The zero-order valence-electron chi connectivity index (χ0n) is 6.65. The summed E-state index contributed by atoms with van der Waals surface area (Å²) in [4.78, 5) is 15.1. The summed E-state index contributed by atoms with van der Waals surface area (Å²) in [5.41, 5.74) is 2.76. The Labute approximate surface area is 69.7 Å². The molecule has 2 rings (SSSR count). The number of aryl methyl sites for hydroxylation is 1. The molecule has 0 aliphatic carbocycles. The first-order chi connectivity index (χ1) is 5.88. The van der Waals surface area contributed by atoms with E-state index in [0.717, 1.165) is 17.1 Å². The maximum absolute atomic E-state index is 4.14. The summed E-state index contributed by atoms with van der Waals surface area (Å²) < 4.78 is 0. The van der Waals surface area contributed by atoms with Gasteiger partial charge in [-0.05, 0) is 13.0 Å². The first-order valence-corrected chi connectivity index (χ1v) is 3.64. The molecule has 1 N–H and O–H groups in total. The van der Waals surface area contributed by atoms with E-state index in [1.165, 1.54) is 6.33 Å². The molecule has 2 heterocycles. The molecule has 60 valence electrons. The lowest BCUT2D eigenvalue weighted by Crippen LogP contribution is -1.85. The predicted octanol–water partition coefficient (Wildman–Crippen LogP) is 1.18. The van der Waals surface area contributed by atoms with Crippen molar-refractivity contribution in [2.75, 3.05) is 0 Å². The number of rotatable bonds is 1. The molecule has 0 fully saturated rings. The van der Waals surface area contributed by atoms with E-state index in [0.29, 0.717) is 0 Å². The number of imidazole rings is 1. The Morgan fingerprint density at radius 3 is 2.83 bits per heavy atom.